The van der Waals surface area contributed by atoms with E-state index in [2.05, 4.69) is 74.6 Å². The summed E-state index contributed by atoms with van der Waals surface area (Å²) in [4.78, 5) is 18.7. The number of imidazole rings is 1. The summed E-state index contributed by atoms with van der Waals surface area (Å²) >= 11 is 1.37. The van der Waals surface area contributed by atoms with Crippen LogP contribution in [-0.2, 0) is 11.3 Å². The van der Waals surface area contributed by atoms with Gasteiger partial charge in [-0.2, -0.15) is 0 Å². The Labute approximate surface area is 193 Å². The topological polar surface area (TPSA) is 55.6 Å². The lowest BCUT2D eigenvalue weighted by molar-refractivity contribution is 0.0531. The van der Waals surface area contributed by atoms with Gasteiger partial charge in [-0.15, -0.1) is 0 Å². The molecule has 0 aliphatic carbocycles. The first-order chi connectivity index (χ1) is 15.4. The monoisotopic (exact) mass is 447 g/mol. The molecular weight excluding hydrogens is 418 g/mol. The molecule has 6 heteroatoms. The van der Waals surface area contributed by atoms with E-state index in [0.29, 0.717) is 23.9 Å². The summed E-state index contributed by atoms with van der Waals surface area (Å²) in [7, 11) is 0. The minimum atomic E-state index is -0.298. The van der Waals surface area contributed by atoms with Gasteiger partial charge in [0.25, 0.3) is 0 Å². The lowest BCUT2D eigenvalue weighted by Gasteiger charge is -2.11. The molecule has 5 nitrogen and oxygen atoms in total. The molecule has 1 N–H and O–H groups in total. The Morgan fingerprint density at radius 1 is 1.16 bits per heavy atom. The average molecular weight is 448 g/mol. The fourth-order valence-electron chi connectivity index (χ4n) is 3.83. The molecule has 0 unspecified atom stereocenters. The van der Waals surface area contributed by atoms with Crippen molar-refractivity contribution in [2.75, 3.05) is 11.9 Å². The number of benzene rings is 2. The maximum Gasteiger partial charge on any atom is 0.350 e. The number of esters is 1. The minimum absolute atomic E-state index is 0.298. The first-order valence-electron chi connectivity index (χ1n) is 11.0. The van der Waals surface area contributed by atoms with Crippen LogP contribution in [0.2, 0.25) is 0 Å². The smallest absolute Gasteiger partial charge is 0.350 e. The molecule has 0 aliphatic heterocycles. The highest BCUT2D eigenvalue weighted by Gasteiger charge is 2.23. The maximum atomic E-state index is 12.4. The fourth-order valence-corrected chi connectivity index (χ4v) is 4.85. The number of nitrogens with one attached hydrogen (secondary N) is 1. The number of hydrogen-bond donors (Lipinski definition) is 1. The molecule has 0 radical (unpaired) electrons. The number of rotatable bonds is 7. The zero-order chi connectivity index (χ0) is 22.8. The zero-order valence-electron chi connectivity index (χ0n) is 19.2. The van der Waals surface area contributed by atoms with E-state index in [4.69, 9.17) is 9.72 Å². The number of anilines is 1. The number of thiazole rings is 1. The quantitative estimate of drug-likeness (QED) is 0.325. The lowest BCUT2D eigenvalue weighted by atomic mass is 10.0. The molecule has 32 heavy (non-hydrogen) atoms. The average Bonchev–Trinajstić information content (AvgIpc) is 3.29. The van der Waals surface area contributed by atoms with Gasteiger partial charge < -0.3 is 10.1 Å². The third kappa shape index (κ3) is 4.28. The van der Waals surface area contributed by atoms with E-state index >= 15 is 0 Å². The van der Waals surface area contributed by atoms with Crippen LogP contribution in [0.4, 0.5) is 5.82 Å². The van der Waals surface area contributed by atoms with E-state index in [-0.39, 0.29) is 5.97 Å². The second-order valence-corrected chi connectivity index (χ2v) is 9.26. The van der Waals surface area contributed by atoms with Crippen LogP contribution in [0.25, 0.3) is 16.2 Å². The van der Waals surface area contributed by atoms with Crippen LogP contribution in [0.1, 0.15) is 58.7 Å². The fraction of sp³-hybridized carbons (Fsp3) is 0.308. The van der Waals surface area contributed by atoms with Crippen molar-refractivity contribution in [3.63, 3.8) is 0 Å². The van der Waals surface area contributed by atoms with Crippen molar-refractivity contribution in [1.82, 2.24) is 9.38 Å². The number of aryl methyl sites for hydroxylation is 2. The van der Waals surface area contributed by atoms with E-state index in [1.165, 1.54) is 28.0 Å². The van der Waals surface area contributed by atoms with E-state index < -0.39 is 0 Å². The highest BCUT2D eigenvalue weighted by molar-refractivity contribution is 7.19. The standard InChI is InChI=1S/C26H29N3O2S/c1-6-31-25(30)23-18(5)29-24(27-15-19-9-7-8-17(4)14-19)22(28-26(29)32-23)21-12-10-20(11-13-21)16(2)3/h7-14,16,27H,6,15H2,1-5H3. The molecule has 166 valence electrons. The summed E-state index contributed by atoms with van der Waals surface area (Å²) in [6.07, 6.45) is 0. The van der Waals surface area contributed by atoms with Crippen molar-refractivity contribution in [2.45, 2.75) is 47.1 Å². The van der Waals surface area contributed by atoms with Gasteiger partial charge in [0.1, 0.15) is 16.4 Å². The Morgan fingerprint density at radius 3 is 2.56 bits per heavy atom. The van der Waals surface area contributed by atoms with Crippen molar-refractivity contribution in [1.29, 1.82) is 0 Å². The highest BCUT2D eigenvalue weighted by atomic mass is 32.1. The summed E-state index contributed by atoms with van der Waals surface area (Å²) in [6, 6.07) is 17.0. The third-order valence-corrected chi connectivity index (χ3v) is 6.68. The Morgan fingerprint density at radius 2 is 1.91 bits per heavy atom. The van der Waals surface area contributed by atoms with Gasteiger partial charge in [0.15, 0.2) is 4.96 Å². The molecule has 2 aromatic heterocycles. The van der Waals surface area contributed by atoms with Crippen molar-refractivity contribution < 1.29 is 9.53 Å². The summed E-state index contributed by atoms with van der Waals surface area (Å²) in [6.45, 7) is 11.3. The largest absolute Gasteiger partial charge is 0.462 e. The molecule has 2 aromatic carbocycles. The number of hydrogen-bond acceptors (Lipinski definition) is 5. The molecule has 0 bridgehead atoms. The van der Waals surface area contributed by atoms with Gasteiger partial charge >= 0.3 is 5.97 Å². The number of nitrogens with zero attached hydrogens (tertiary/aromatic N) is 2. The Hall–Kier alpha value is -3.12. The molecule has 0 aliphatic rings. The van der Waals surface area contributed by atoms with Gasteiger partial charge in [0, 0.05) is 17.8 Å². The Balaban J connectivity index is 1.79. The van der Waals surface area contributed by atoms with Crippen molar-refractivity contribution in [3.8, 4) is 11.3 Å². The molecule has 0 spiro atoms. The van der Waals surface area contributed by atoms with Crippen LogP contribution < -0.4 is 5.32 Å². The molecule has 0 atom stereocenters. The van der Waals surface area contributed by atoms with Crippen LogP contribution >= 0.6 is 11.3 Å². The Bertz CT molecular complexity index is 1250. The molecule has 4 rings (SSSR count). The summed E-state index contributed by atoms with van der Waals surface area (Å²) in [5.41, 5.74) is 6.49. The number of carbonyl (C=O) groups excluding carboxylic acids is 1. The lowest BCUT2D eigenvalue weighted by Crippen LogP contribution is -2.07. The van der Waals surface area contributed by atoms with Gasteiger partial charge in [-0.25, -0.2) is 9.78 Å². The summed E-state index contributed by atoms with van der Waals surface area (Å²) in [5, 5.41) is 3.60. The second-order valence-electron chi connectivity index (χ2n) is 8.28. The third-order valence-electron chi connectivity index (χ3n) is 5.56. The van der Waals surface area contributed by atoms with Gasteiger partial charge in [0.05, 0.1) is 6.61 Å². The van der Waals surface area contributed by atoms with Gasteiger partial charge in [0.2, 0.25) is 0 Å². The molecule has 4 aromatic rings. The predicted molar refractivity (Wildman–Crippen MR) is 132 cm³/mol. The maximum absolute atomic E-state index is 12.4. The van der Waals surface area contributed by atoms with Crippen molar-refractivity contribution in [3.05, 3.63) is 75.8 Å². The van der Waals surface area contributed by atoms with Crippen molar-refractivity contribution in [2.24, 2.45) is 0 Å². The SMILES string of the molecule is CCOC(=O)c1sc2nc(-c3ccc(C(C)C)cc3)c(NCc3cccc(C)c3)n2c1C. The molecule has 0 saturated heterocycles. The molecular formula is C26H29N3O2S. The number of fused-ring (bicyclic) bond motifs is 1. The number of carbonyl (C=O) groups is 1. The minimum Gasteiger partial charge on any atom is -0.462 e. The Kier molecular flexibility index (Phi) is 6.33. The first kappa shape index (κ1) is 22.1. The van der Waals surface area contributed by atoms with Crippen molar-refractivity contribution >= 4 is 28.1 Å². The molecule has 0 amide bonds. The predicted octanol–water partition coefficient (Wildman–Crippen LogP) is 6.59. The van der Waals surface area contributed by atoms with Gasteiger partial charge in [-0.3, -0.25) is 4.40 Å². The van der Waals surface area contributed by atoms with E-state index in [1.807, 2.05) is 18.2 Å². The molecule has 0 saturated carbocycles. The van der Waals surface area contributed by atoms with Gasteiger partial charge in [-0.1, -0.05) is 79.3 Å². The van der Waals surface area contributed by atoms with E-state index in [0.717, 1.165) is 27.7 Å². The second kappa shape index (κ2) is 9.17. The van der Waals surface area contributed by atoms with Crippen LogP contribution in [0.15, 0.2) is 48.5 Å². The van der Waals surface area contributed by atoms with Crippen LogP contribution in [0, 0.1) is 13.8 Å². The summed E-state index contributed by atoms with van der Waals surface area (Å²) in [5.74, 6) is 1.07. The van der Waals surface area contributed by atoms with Crippen LogP contribution in [0.5, 0.6) is 0 Å². The first-order valence-corrected chi connectivity index (χ1v) is 11.8. The molecule has 2 heterocycles. The number of aromatic nitrogens is 2. The van der Waals surface area contributed by atoms with E-state index in [1.54, 1.807) is 0 Å². The normalized spacial score (nSPS) is 11.3. The summed E-state index contributed by atoms with van der Waals surface area (Å²) < 4.78 is 7.29. The highest BCUT2D eigenvalue weighted by Crippen LogP contribution is 2.35. The van der Waals surface area contributed by atoms with Crippen LogP contribution in [0.3, 0.4) is 0 Å². The van der Waals surface area contributed by atoms with E-state index in [9.17, 15) is 4.79 Å². The number of ether oxygens (including phenoxy) is 1. The zero-order valence-corrected chi connectivity index (χ0v) is 20.0. The van der Waals surface area contributed by atoms with Crippen LogP contribution in [-0.4, -0.2) is 22.0 Å². The van der Waals surface area contributed by atoms with Gasteiger partial charge in [-0.05, 0) is 37.8 Å². The molecule has 0 fully saturated rings.